The molecule has 0 saturated heterocycles. The van der Waals surface area contributed by atoms with Gasteiger partial charge in [0.15, 0.2) is 0 Å². The van der Waals surface area contributed by atoms with E-state index in [1.807, 2.05) is 27.7 Å². The lowest BCUT2D eigenvalue weighted by Crippen LogP contribution is -2.05. The number of nitrogens with zero attached hydrogens (tertiary/aromatic N) is 2. The summed E-state index contributed by atoms with van der Waals surface area (Å²) >= 11 is 0. The van der Waals surface area contributed by atoms with Crippen LogP contribution in [0, 0.1) is 27.7 Å². The number of hydrogen-bond acceptors (Lipinski definition) is 5. The third-order valence-electron chi connectivity index (χ3n) is 3.56. The molecule has 0 aromatic heterocycles. The Hall–Kier alpha value is -2.06. The molecule has 0 spiro atoms. The van der Waals surface area contributed by atoms with E-state index in [0.29, 0.717) is 0 Å². The second-order valence-corrected chi connectivity index (χ2v) is 4.27. The average Bonchev–Trinajstić information content (AvgIpc) is 2.38. The molecule has 0 bridgehead atoms. The molecular weight excluding hydrogens is 242 g/mol. The highest BCUT2D eigenvalue weighted by molar-refractivity contribution is 5.51. The lowest BCUT2D eigenvalue weighted by atomic mass is 9.89. The van der Waals surface area contributed by atoms with E-state index in [2.05, 4.69) is 9.98 Å². The van der Waals surface area contributed by atoms with Crippen molar-refractivity contribution in [3.05, 3.63) is 33.4 Å². The smallest absolute Gasteiger partial charge is 0.235 e. The monoisotopic (exact) mass is 261 g/mol. The summed E-state index contributed by atoms with van der Waals surface area (Å²) in [6, 6.07) is 0. The SMILES string of the molecule is Cc1c(C)c(C)c(CN=C=O)c(CN=C=O)c1C.N. The van der Waals surface area contributed by atoms with E-state index in [0.717, 1.165) is 22.3 Å². The van der Waals surface area contributed by atoms with Crippen LogP contribution in [0.4, 0.5) is 0 Å². The molecule has 0 amide bonds. The lowest BCUT2D eigenvalue weighted by Gasteiger charge is -2.18. The van der Waals surface area contributed by atoms with Crippen molar-refractivity contribution in [2.75, 3.05) is 0 Å². The molecule has 1 aromatic rings. The third-order valence-corrected chi connectivity index (χ3v) is 3.56. The van der Waals surface area contributed by atoms with Crippen LogP contribution in [0.5, 0.6) is 0 Å². The molecule has 0 atom stereocenters. The van der Waals surface area contributed by atoms with Gasteiger partial charge in [0.1, 0.15) is 0 Å². The van der Waals surface area contributed by atoms with Crippen molar-refractivity contribution < 1.29 is 9.59 Å². The maximum atomic E-state index is 10.3. The molecule has 5 nitrogen and oxygen atoms in total. The van der Waals surface area contributed by atoms with E-state index in [1.165, 1.54) is 11.1 Å². The van der Waals surface area contributed by atoms with Crippen molar-refractivity contribution in [1.29, 1.82) is 0 Å². The Bertz CT molecular complexity index is 516. The molecule has 19 heavy (non-hydrogen) atoms. The van der Waals surface area contributed by atoms with Gasteiger partial charge < -0.3 is 6.15 Å². The molecule has 0 fully saturated rings. The van der Waals surface area contributed by atoms with Crippen molar-refractivity contribution in [1.82, 2.24) is 6.15 Å². The number of hydrogen-bond donors (Lipinski definition) is 1. The van der Waals surface area contributed by atoms with E-state index < -0.39 is 0 Å². The summed E-state index contributed by atoms with van der Waals surface area (Å²) in [5, 5.41) is 0. The van der Waals surface area contributed by atoms with Gasteiger partial charge in [-0.05, 0) is 61.1 Å². The number of isocyanates is 2. The first kappa shape index (κ1) is 16.9. The largest absolute Gasteiger partial charge is 0.344 e. The number of rotatable bonds is 4. The predicted octanol–water partition coefficient (Wildman–Crippen LogP) is 2.75. The highest BCUT2D eigenvalue weighted by atomic mass is 16.1. The predicted molar refractivity (Wildman–Crippen MR) is 74.1 cm³/mol. The van der Waals surface area contributed by atoms with Gasteiger partial charge in [0.25, 0.3) is 0 Å². The van der Waals surface area contributed by atoms with Crippen LogP contribution in [0.25, 0.3) is 0 Å². The van der Waals surface area contributed by atoms with Crippen LogP contribution >= 0.6 is 0 Å². The standard InChI is InChI=1S/C14H16N2O2.H3N/c1-9-10(2)12(4)14(6-16-8-18)13(11(9)3)5-15-7-17;/h5-6H2,1-4H3;1H3. The quantitative estimate of drug-likeness (QED) is 0.667. The van der Waals surface area contributed by atoms with Gasteiger partial charge in [0.2, 0.25) is 12.2 Å². The summed E-state index contributed by atoms with van der Waals surface area (Å²) in [5.41, 5.74) is 6.46. The molecule has 0 unspecified atom stereocenters. The fourth-order valence-electron chi connectivity index (χ4n) is 2.12. The van der Waals surface area contributed by atoms with Crippen molar-refractivity contribution in [2.24, 2.45) is 9.98 Å². The van der Waals surface area contributed by atoms with Crippen LogP contribution in [-0.2, 0) is 22.7 Å². The second-order valence-electron chi connectivity index (χ2n) is 4.27. The zero-order valence-corrected chi connectivity index (χ0v) is 11.8. The minimum absolute atomic E-state index is 0. The Morgan fingerprint density at radius 3 is 1.32 bits per heavy atom. The molecule has 3 N–H and O–H groups in total. The van der Waals surface area contributed by atoms with Gasteiger partial charge in [0, 0.05) is 0 Å². The van der Waals surface area contributed by atoms with Crippen LogP contribution in [0.15, 0.2) is 9.98 Å². The van der Waals surface area contributed by atoms with Gasteiger partial charge in [-0.25, -0.2) is 19.6 Å². The van der Waals surface area contributed by atoms with Crippen LogP contribution in [0.3, 0.4) is 0 Å². The Labute approximate surface area is 113 Å². The number of aliphatic imine (C=N–C) groups is 2. The summed E-state index contributed by atoms with van der Waals surface area (Å²) in [4.78, 5) is 27.8. The van der Waals surface area contributed by atoms with E-state index in [4.69, 9.17) is 0 Å². The molecule has 0 aliphatic rings. The van der Waals surface area contributed by atoms with Gasteiger partial charge in [0.05, 0.1) is 13.1 Å². The highest BCUT2D eigenvalue weighted by Gasteiger charge is 2.14. The van der Waals surface area contributed by atoms with Gasteiger partial charge >= 0.3 is 0 Å². The Morgan fingerprint density at radius 2 is 1.05 bits per heavy atom. The van der Waals surface area contributed by atoms with Crippen molar-refractivity contribution in [2.45, 2.75) is 40.8 Å². The molecule has 0 heterocycles. The molecule has 5 heteroatoms. The fourth-order valence-corrected chi connectivity index (χ4v) is 2.12. The highest BCUT2D eigenvalue weighted by Crippen LogP contribution is 2.27. The Balaban J connectivity index is 0.00000324. The Kier molecular flexibility index (Phi) is 6.59. The zero-order valence-electron chi connectivity index (χ0n) is 11.8. The summed E-state index contributed by atoms with van der Waals surface area (Å²) in [6.07, 6.45) is 3.09. The van der Waals surface area contributed by atoms with Crippen LogP contribution in [0.2, 0.25) is 0 Å². The molecule has 102 valence electrons. The zero-order chi connectivity index (χ0) is 13.7. The number of benzene rings is 1. The van der Waals surface area contributed by atoms with Gasteiger partial charge in [-0.1, -0.05) is 0 Å². The van der Waals surface area contributed by atoms with Crippen molar-refractivity contribution in [3.63, 3.8) is 0 Å². The van der Waals surface area contributed by atoms with Crippen LogP contribution in [-0.4, -0.2) is 12.2 Å². The minimum atomic E-state index is 0. The number of carbonyl (C=O) groups excluding carboxylic acids is 2. The van der Waals surface area contributed by atoms with E-state index in [1.54, 1.807) is 12.2 Å². The molecule has 1 aromatic carbocycles. The van der Waals surface area contributed by atoms with Crippen molar-refractivity contribution >= 4 is 12.2 Å². The lowest BCUT2D eigenvalue weighted by molar-refractivity contribution is 0.561. The first-order valence-corrected chi connectivity index (χ1v) is 5.70. The van der Waals surface area contributed by atoms with Gasteiger partial charge in [-0.15, -0.1) is 0 Å². The maximum Gasteiger partial charge on any atom is 0.235 e. The maximum absolute atomic E-state index is 10.3. The molecular formula is C14H19N3O2. The molecule has 0 radical (unpaired) electrons. The Morgan fingerprint density at radius 1 is 0.737 bits per heavy atom. The third kappa shape index (κ3) is 3.46. The summed E-state index contributed by atoms with van der Waals surface area (Å²) in [7, 11) is 0. The van der Waals surface area contributed by atoms with Gasteiger partial charge in [-0.2, -0.15) is 0 Å². The van der Waals surface area contributed by atoms with Crippen molar-refractivity contribution in [3.8, 4) is 0 Å². The second kappa shape index (κ2) is 7.39. The molecule has 0 aliphatic carbocycles. The van der Waals surface area contributed by atoms with E-state index >= 15 is 0 Å². The summed E-state index contributed by atoms with van der Waals surface area (Å²) in [6.45, 7) is 8.62. The average molecular weight is 261 g/mol. The molecule has 0 aliphatic heterocycles. The summed E-state index contributed by atoms with van der Waals surface area (Å²) in [5.74, 6) is 0. The molecule has 1 rings (SSSR count). The first-order chi connectivity index (χ1) is 8.54. The van der Waals surface area contributed by atoms with Gasteiger partial charge in [-0.3, -0.25) is 0 Å². The van der Waals surface area contributed by atoms with Crippen LogP contribution in [0.1, 0.15) is 33.4 Å². The van der Waals surface area contributed by atoms with Crippen LogP contribution < -0.4 is 6.15 Å². The first-order valence-electron chi connectivity index (χ1n) is 5.70. The minimum Gasteiger partial charge on any atom is -0.344 e. The van der Waals surface area contributed by atoms with E-state index in [-0.39, 0.29) is 19.2 Å². The summed E-state index contributed by atoms with van der Waals surface area (Å²) < 4.78 is 0. The molecule has 0 saturated carbocycles. The fraction of sp³-hybridized carbons (Fsp3) is 0.429. The normalized spacial score (nSPS) is 9.05. The topological polar surface area (TPSA) is 93.9 Å². The van der Waals surface area contributed by atoms with E-state index in [9.17, 15) is 9.59 Å².